The van der Waals surface area contributed by atoms with Crippen LogP contribution in [0.15, 0.2) is 0 Å². The van der Waals surface area contributed by atoms with Gasteiger partial charge in [0.15, 0.2) is 0 Å². The van der Waals surface area contributed by atoms with Crippen LogP contribution in [0.1, 0.15) is 45.4 Å². The predicted molar refractivity (Wildman–Crippen MR) is 75.7 cm³/mol. The highest BCUT2D eigenvalue weighted by Gasteiger charge is 2.27. The number of hydrogen-bond donors (Lipinski definition) is 2. The summed E-state index contributed by atoms with van der Waals surface area (Å²) in [6.07, 6.45) is 7.58. The van der Waals surface area contributed by atoms with E-state index in [0.29, 0.717) is 12.0 Å². The molecule has 0 amide bonds. The summed E-state index contributed by atoms with van der Waals surface area (Å²) in [5.41, 5.74) is 0. The van der Waals surface area contributed by atoms with Crippen molar-refractivity contribution < 1.29 is 5.11 Å². The zero-order chi connectivity index (χ0) is 13.0. The Hall–Kier alpha value is -0.120. The highest BCUT2D eigenvalue weighted by atomic mass is 16.3. The molecule has 2 rings (SSSR count). The summed E-state index contributed by atoms with van der Waals surface area (Å²) in [6, 6.07) is 0.660. The van der Waals surface area contributed by atoms with Crippen LogP contribution in [0.5, 0.6) is 0 Å². The van der Waals surface area contributed by atoms with Gasteiger partial charge in [-0.15, -0.1) is 0 Å². The number of nitrogens with one attached hydrogen (secondary N) is 1. The van der Waals surface area contributed by atoms with Gasteiger partial charge in [0.2, 0.25) is 0 Å². The van der Waals surface area contributed by atoms with E-state index in [0.717, 1.165) is 32.0 Å². The quantitative estimate of drug-likeness (QED) is 0.786. The van der Waals surface area contributed by atoms with E-state index in [1.54, 1.807) is 0 Å². The zero-order valence-corrected chi connectivity index (χ0v) is 12.1. The molecule has 0 spiro atoms. The Bertz CT molecular complexity index is 241. The Balaban J connectivity index is 1.69. The Kier molecular flexibility index (Phi) is 5.46. The van der Waals surface area contributed by atoms with E-state index < -0.39 is 0 Å². The van der Waals surface area contributed by atoms with Gasteiger partial charge in [-0.3, -0.25) is 0 Å². The van der Waals surface area contributed by atoms with Gasteiger partial charge in [0, 0.05) is 19.1 Å². The minimum absolute atomic E-state index is 0.105. The number of likely N-dealkylation sites (tertiary alicyclic amines) is 1. The Labute approximate surface area is 112 Å². The SMILES string of the molecule is CNC1CCN(CC(O)CC2CCCC2)CC1C. The first-order chi connectivity index (χ1) is 8.69. The number of aliphatic hydroxyl groups is 1. The molecule has 1 heterocycles. The van der Waals surface area contributed by atoms with E-state index in [4.69, 9.17) is 0 Å². The Morgan fingerprint density at radius 1 is 1.28 bits per heavy atom. The van der Waals surface area contributed by atoms with Crippen molar-refractivity contribution in [3.05, 3.63) is 0 Å². The van der Waals surface area contributed by atoms with E-state index in [-0.39, 0.29) is 6.10 Å². The van der Waals surface area contributed by atoms with Crippen LogP contribution in [-0.4, -0.2) is 48.8 Å². The van der Waals surface area contributed by atoms with Crippen LogP contribution >= 0.6 is 0 Å². The molecule has 0 radical (unpaired) electrons. The molecule has 2 aliphatic rings. The molecule has 3 heteroatoms. The van der Waals surface area contributed by atoms with Gasteiger partial charge in [-0.2, -0.15) is 0 Å². The summed E-state index contributed by atoms with van der Waals surface area (Å²) in [6.45, 7) is 5.47. The lowest BCUT2D eigenvalue weighted by molar-refractivity contribution is 0.0631. The van der Waals surface area contributed by atoms with Crippen molar-refractivity contribution >= 4 is 0 Å². The molecule has 1 saturated heterocycles. The Morgan fingerprint density at radius 3 is 2.61 bits per heavy atom. The molecular weight excluding hydrogens is 224 g/mol. The molecule has 3 atom stereocenters. The second-order valence-electron chi connectivity index (χ2n) is 6.46. The summed E-state index contributed by atoms with van der Waals surface area (Å²) in [7, 11) is 2.06. The van der Waals surface area contributed by atoms with E-state index in [9.17, 15) is 5.11 Å². The average Bonchev–Trinajstić information content (AvgIpc) is 2.82. The first kappa shape index (κ1) is 14.3. The topological polar surface area (TPSA) is 35.5 Å². The van der Waals surface area contributed by atoms with Gasteiger partial charge in [-0.25, -0.2) is 0 Å². The number of rotatable bonds is 5. The van der Waals surface area contributed by atoms with E-state index in [2.05, 4.69) is 24.2 Å². The molecule has 0 bridgehead atoms. The maximum atomic E-state index is 10.2. The van der Waals surface area contributed by atoms with Gasteiger partial charge in [-0.1, -0.05) is 32.6 Å². The van der Waals surface area contributed by atoms with Gasteiger partial charge in [-0.05, 0) is 38.3 Å². The van der Waals surface area contributed by atoms with Crippen molar-refractivity contribution in [1.29, 1.82) is 0 Å². The Morgan fingerprint density at radius 2 is 2.00 bits per heavy atom. The van der Waals surface area contributed by atoms with Crippen LogP contribution in [0.4, 0.5) is 0 Å². The van der Waals surface area contributed by atoms with E-state index in [1.807, 2.05) is 0 Å². The third kappa shape index (κ3) is 3.94. The molecule has 2 fully saturated rings. The largest absolute Gasteiger partial charge is 0.392 e. The first-order valence-corrected chi connectivity index (χ1v) is 7.76. The lowest BCUT2D eigenvalue weighted by atomic mass is 9.93. The molecule has 106 valence electrons. The summed E-state index contributed by atoms with van der Waals surface area (Å²) >= 11 is 0. The molecular formula is C15H30N2O. The highest BCUT2D eigenvalue weighted by Crippen LogP contribution is 2.29. The van der Waals surface area contributed by atoms with Gasteiger partial charge in [0.25, 0.3) is 0 Å². The predicted octanol–water partition coefficient (Wildman–Crippen LogP) is 1.86. The summed E-state index contributed by atoms with van der Waals surface area (Å²) in [5, 5.41) is 13.6. The number of nitrogens with zero attached hydrogens (tertiary/aromatic N) is 1. The highest BCUT2D eigenvalue weighted by molar-refractivity contribution is 4.83. The van der Waals surface area contributed by atoms with Crippen LogP contribution in [0.3, 0.4) is 0 Å². The fourth-order valence-corrected chi connectivity index (χ4v) is 3.83. The lowest BCUT2D eigenvalue weighted by Gasteiger charge is -2.37. The maximum absolute atomic E-state index is 10.2. The van der Waals surface area contributed by atoms with Crippen molar-refractivity contribution in [1.82, 2.24) is 10.2 Å². The standard InChI is InChI=1S/C15H30N2O/c1-12-10-17(8-7-15(12)16-2)11-14(18)9-13-5-3-4-6-13/h12-16,18H,3-11H2,1-2H3. The van der Waals surface area contributed by atoms with Gasteiger partial charge < -0.3 is 15.3 Å². The minimum Gasteiger partial charge on any atom is -0.392 e. The second kappa shape index (κ2) is 6.88. The second-order valence-corrected chi connectivity index (χ2v) is 6.46. The van der Waals surface area contributed by atoms with Crippen molar-refractivity contribution in [2.75, 3.05) is 26.7 Å². The molecule has 0 aromatic heterocycles. The van der Waals surface area contributed by atoms with Crippen LogP contribution < -0.4 is 5.32 Å². The first-order valence-electron chi connectivity index (χ1n) is 7.76. The molecule has 18 heavy (non-hydrogen) atoms. The monoisotopic (exact) mass is 254 g/mol. The fraction of sp³-hybridized carbons (Fsp3) is 1.00. The molecule has 2 N–H and O–H groups in total. The van der Waals surface area contributed by atoms with Crippen molar-refractivity contribution in [3.8, 4) is 0 Å². The average molecular weight is 254 g/mol. The summed E-state index contributed by atoms with van der Waals surface area (Å²) < 4.78 is 0. The number of aliphatic hydroxyl groups excluding tert-OH is 1. The van der Waals surface area contributed by atoms with Crippen LogP contribution in [0.25, 0.3) is 0 Å². The zero-order valence-electron chi connectivity index (χ0n) is 12.1. The van der Waals surface area contributed by atoms with E-state index >= 15 is 0 Å². The van der Waals surface area contributed by atoms with Crippen LogP contribution in [0.2, 0.25) is 0 Å². The number of piperidine rings is 1. The van der Waals surface area contributed by atoms with E-state index in [1.165, 1.54) is 32.1 Å². The van der Waals surface area contributed by atoms with Crippen molar-refractivity contribution in [3.63, 3.8) is 0 Å². The molecule has 0 aromatic rings. The fourth-order valence-electron chi connectivity index (χ4n) is 3.83. The third-order valence-corrected chi connectivity index (χ3v) is 4.91. The molecule has 3 nitrogen and oxygen atoms in total. The smallest absolute Gasteiger partial charge is 0.0669 e. The molecule has 3 unspecified atom stereocenters. The van der Waals surface area contributed by atoms with Crippen molar-refractivity contribution in [2.45, 2.75) is 57.6 Å². The lowest BCUT2D eigenvalue weighted by Crippen LogP contribution is -2.49. The number of hydrogen-bond acceptors (Lipinski definition) is 3. The number of β-amino-alcohol motifs (C(OH)–C–C–N with tert-alkyl or cyclic N) is 1. The maximum Gasteiger partial charge on any atom is 0.0669 e. The normalized spacial score (nSPS) is 32.8. The minimum atomic E-state index is -0.105. The van der Waals surface area contributed by atoms with Gasteiger partial charge in [0.05, 0.1) is 6.10 Å². The molecule has 1 saturated carbocycles. The molecule has 0 aromatic carbocycles. The summed E-state index contributed by atoms with van der Waals surface area (Å²) in [4.78, 5) is 2.46. The van der Waals surface area contributed by atoms with Crippen LogP contribution in [-0.2, 0) is 0 Å². The van der Waals surface area contributed by atoms with Gasteiger partial charge >= 0.3 is 0 Å². The van der Waals surface area contributed by atoms with Crippen LogP contribution in [0, 0.1) is 11.8 Å². The van der Waals surface area contributed by atoms with Gasteiger partial charge in [0.1, 0.15) is 0 Å². The molecule has 1 aliphatic heterocycles. The summed E-state index contributed by atoms with van der Waals surface area (Å²) in [5.74, 6) is 1.50. The molecule has 1 aliphatic carbocycles. The third-order valence-electron chi connectivity index (χ3n) is 4.91. The van der Waals surface area contributed by atoms with Crippen molar-refractivity contribution in [2.24, 2.45) is 11.8 Å².